The van der Waals surface area contributed by atoms with Gasteiger partial charge in [0.05, 0.1) is 0 Å². The lowest BCUT2D eigenvalue weighted by molar-refractivity contribution is -0.133. The van der Waals surface area contributed by atoms with Gasteiger partial charge in [0.25, 0.3) is 5.91 Å². The van der Waals surface area contributed by atoms with Crippen LogP contribution in [0.1, 0.15) is 52.4 Å². The number of carbonyl (C=O) groups is 3. The van der Waals surface area contributed by atoms with E-state index in [0.29, 0.717) is 0 Å². The van der Waals surface area contributed by atoms with Gasteiger partial charge in [0.1, 0.15) is 0 Å². The fourth-order valence-electron chi connectivity index (χ4n) is 2.17. The number of carboxylic acids is 1. The number of aliphatic carboxylic acids is 1. The maximum atomic E-state index is 11.7. The standard InChI is InChI=1S/C14H22N2O4/c1-9(10(2)13(18)19)12(17)16-14(20)15-11-7-5-3-4-6-8-11/h11H,3-8H2,1-2H3,(H,18,19)(H2,15,16,17,20). The molecular weight excluding hydrogens is 260 g/mol. The highest BCUT2D eigenvalue weighted by atomic mass is 16.4. The zero-order valence-corrected chi connectivity index (χ0v) is 12.0. The lowest BCUT2D eigenvalue weighted by Gasteiger charge is -2.16. The van der Waals surface area contributed by atoms with Crippen molar-refractivity contribution in [3.05, 3.63) is 11.1 Å². The predicted molar refractivity (Wildman–Crippen MR) is 74.2 cm³/mol. The summed E-state index contributed by atoms with van der Waals surface area (Å²) in [6.45, 7) is 2.72. The van der Waals surface area contributed by atoms with Gasteiger partial charge in [-0.1, -0.05) is 25.7 Å². The molecule has 20 heavy (non-hydrogen) atoms. The molecule has 0 unspecified atom stereocenters. The van der Waals surface area contributed by atoms with Crippen molar-refractivity contribution in [2.24, 2.45) is 0 Å². The van der Waals surface area contributed by atoms with E-state index in [-0.39, 0.29) is 17.2 Å². The van der Waals surface area contributed by atoms with Gasteiger partial charge in [-0.05, 0) is 26.7 Å². The van der Waals surface area contributed by atoms with Crippen LogP contribution < -0.4 is 10.6 Å². The Bertz CT molecular complexity index is 421. The minimum Gasteiger partial charge on any atom is -0.478 e. The van der Waals surface area contributed by atoms with Gasteiger partial charge >= 0.3 is 12.0 Å². The highest BCUT2D eigenvalue weighted by Crippen LogP contribution is 2.17. The van der Waals surface area contributed by atoms with Crippen LogP contribution in [0.5, 0.6) is 0 Å². The molecule has 1 rings (SSSR count). The molecule has 0 bridgehead atoms. The molecule has 1 fully saturated rings. The minimum absolute atomic E-state index is 0.0357. The third-order valence-electron chi connectivity index (χ3n) is 3.64. The van der Waals surface area contributed by atoms with E-state index in [4.69, 9.17) is 5.11 Å². The Balaban J connectivity index is 2.51. The highest BCUT2D eigenvalue weighted by Gasteiger charge is 2.18. The molecular formula is C14H22N2O4. The van der Waals surface area contributed by atoms with E-state index in [2.05, 4.69) is 10.6 Å². The summed E-state index contributed by atoms with van der Waals surface area (Å²) in [6.07, 6.45) is 6.36. The maximum Gasteiger partial charge on any atom is 0.331 e. The lowest BCUT2D eigenvalue weighted by Crippen LogP contribution is -2.44. The van der Waals surface area contributed by atoms with Crippen molar-refractivity contribution < 1.29 is 19.5 Å². The quantitative estimate of drug-likeness (QED) is 0.544. The van der Waals surface area contributed by atoms with E-state index < -0.39 is 17.9 Å². The zero-order valence-electron chi connectivity index (χ0n) is 12.0. The van der Waals surface area contributed by atoms with E-state index in [9.17, 15) is 14.4 Å². The summed E-state index contributed by atoms with van der Waals surface area (Å²) in [6, 6.07) is -0.463. The molecule has 6 heteroatoms. The summed E-state index contributed by atoms with van der Waals surface area (Å²) >= 11 is 0. The zero-order chi connectivity index (χ0) is 15.1. The average molecular weight is 282 g/mol. The molecule has 0 aromatic carbocycles. The summed E-state index contributed by atoms with van der Waals surface area (Å²) in [5.41, 5.74) is -0.0294. The summed E-state index contributed by atoms with van der Waals surface area (Å²) in [7, 11) is 0. The van der Waals surface area contributed by atoms with Crippen molar-refractivity contribution in [1.29, 1.82) is 0 Å². The second kappa shape index (κ2) is 7.67. The number of hydrogen-bond acceptors (Lipinski definition) is 3. The average Bonchev–Trinajstić information content (AvgIpc) is 2.65. The molecule has 3 N–H and O–H groups in total. The van der Waals surface area contributed by atoms with E-state index >= 15 is 0 Å². The summed E-state index contributed by atoms with van der Waals surface area (Å²) in [5.74, 6) is -1.84. The molecule has 0 saturated heterocycles. The number of nitrogens with one attached hydrogen (secondary N) is 2. The monoisotopic (exact) mass is 282 g/mol. The van der Waals surface area contributed by atoms with Crippen LogP contribution >= 0.6 is 0 Å². The Morgan fingerprint density at radius 1 is 0.950 bits per heavy atom. The summed E-state index contributed by atoms with van der Waals surface area (Å²) < 4.78 is 0. The van der Waals surface area contributed by atoms with Gasteiger partial charge < -0.3 is 10.4 Å². The molecule has 1 saturated carbocycles. The second-order valence-corrected chi connectivity index (χ2v) is 5.17. The molecule has 0 spiro atoms. The van der Waals surface area contributed by atoms with Gasteiger partial charge in [-0.15, -0.1) is 0 Å². The van der Waals surface area contributed by atoms with E-state index in [0.717, 1.165) is 25.7 Å². The SMILES string of the molecule is CC(C(=O)O)=C(C)C(=O)NC(=O)NC1CCCCCC1. The van der Waals surface area contributed by atoms with Crippen molar-refractivity contribution in [2.75, 3.05) is 0 Å². The van der Waals surface area contributed by atoms with Gasteiger partial charge in [0.15, 0.2) is 0 Å². The van der Waals surface area contributed by atoms with Gasteiger partial charge in [-0.3, -0.25) is 10.1 Å². The Morgan fingerprint density at radius 3 is 2.00 bits per heavy atom. The molecule has 0 atom stereocenters. The molecule has 0 aromatic rings. The first-order valence-corrected chi connectivity index (χ1v) is 6.94. The number of carbonyl (C=O) groups excluding carboxylic acids is 2. The summed E-state index contributed by atoms with van der Waals surface area (Å²) in [5, 5.41) is 13.7. The van der Waals surface area contributed by atoms with Gasteiger partial charge in [0, 0.05) is 17.2 Å². The Labute approximate surface area is 118 Å². The number of amides is 3. The molecule has 0 heterocycles. The third kappa shape index (κ3) is 5.03. The number of hydrogen-bond donors (Lipinski definition) is 3. The molecule has 0 aromatic heterocycles. The summed E-state index contributed by atoms with van der Waals surface area (Å²) in [4.78, 5) is 34.2. The van der Waals surface area contributed by atoms with Crippen LogP contribution in [0, 0.1) is 0 Å². The second-order valence-electron chi connectivity index (χ2n) is 5.17. The topological polar surface area (TPSA) is 95.5 Å². The normalized spacial score (nSPS) is 17.7. The van der Waals surface area contributed by atoms with Crippen molar-refractivity contribution in [3.63, 3.8) is 0 Å². The number of urea groups is 1. The van der Waals surface area contributed by atoms with Crippen LogP contribution in [-0.4, -0.2) is 29.1 Å². The van der Waals surface area contributed by atoms with Gasteiger partial charge in [0.2, 0.25) is 0 Å². The molecule has 0 aliphatic heterocycles. The first kappa shape index (κ1) is 16.2. The fraction of sp³-hybridized carbons (Fsp3) is 0.643. The van der Waals surface area contributed by atoms with Crippen LogP contribution in [0.25, 0.3) is 0 Å². The van der Waals surface area contributed by atoms with Crippen molar-refractivity contribution >= 4 is 17.9 Å². The molecule has 1 aliphatic rings. The first-order valence-electron chi connectivity index (χ1n) is 6.94. The van der Waals surface area contributed by atoms with Gasteiger partial charge in [-0.25, -0.2) is 9.59 Å². The van der Waals surface area contributed by atoms with Crippen molar-refractivity contribution in [1.82, 2.24) is 10.6 Å². The smallest absolute Gasteiger partial charge is 0.331 e. The number of imide groups is 1. The largest absolute Gasteiger partial charge is 0.478 e. The maximum absolute atomic E-state index is 11.7. The van der Waals surface area contributed by atoms with E-state index in [1.54, 1.807) is 0 Å². The predicted octanol–water partition coefficient (Wildman–Crippen LogP) is 1.96. The minimum atomic E-state index is -1.16. The van der Waals surface area contributed by atoms with E-state index in [1.807, 2.05) is 0 Å². The van der Waals surface area contributed by atoms with Crippen LogP contribution in [-0.2, 0) is 9.59 Å². The Hall–Kier alpha value is -1.85. The number of carboxylic acid groups (broad SMARTS) is 1. The third-order valence-corrected chi connectivity index (χ3v) is 3.64. The molecule has 3 amide bonds. The Kier molecular flexibility index (Phi) is 6.21. The van der Waals surface area contributed by atoms with E-state index in [1.165, 1.54) is 26.7 Å². The molecule has 6 nitrogen and oxygen atoms in total. The molecule has 0 radical (unpaired) electrons. The van der Waals surface area contributed by atoms with Crippen LogP contribution in [0.2, 0.25) is 0 Å². The lowest BCUT2D eigenvalue weighted by atomic mass is 10.1. The van der Waals surface area contributed by atoms with Crippen molar-refractivity contribution in [2.45, 2.75) is 58.4 Å². The highest BCUT2D eigenvalue weighted by molar-refractivity contribution is 6.07. The van der Waals surface area contributed by atoms with Crippen LogP contribution in [0.15, 0.2) is 11.1 Å². The fourth-order valence-corrected chi connectivity index (χ4v) is 2.17. The molecule has 112 valence electrons. The first-order chi connectivity index (χ1) is 9.41. The van der Waals surface area contributed by atoms with Crippen LogP contribution in [0.3, 0.4) is 0 Å². The van der Waals surface area contributed by atoms with Crippen LogP contribution in [0.4, 0.5) is 4.79 Å². The van der Waals surface area contributed by atoms with Crippen molar-refractivity contribution in [3.8, 4) is 0 Å². The Morgan fingerprint density at radius 2 is 1.50 bits per heavy atom. The van der Waals surface area contributed by atoms with Gasteiger partial charge in [-0.2, -0.15) is 0 Å². The number of rotatable bonds is 3. The molecule has 1 aliphatic carbocycles.